The summed E-state index contributed by atoms with van der Waals surface area (Å²) < 4.78 is 164. The third-order valence-electron chi connectivity index (χ3n) is 16.3. The number of esters is 6. The Labute approximate surface area is 752 Å². The van der Waals surface area contributed by atoms with Gasteiger partial charge in [0.25, 0.3) is 0 Å². The van der Waals surface area contributed by atoms with Crippen molar-refractivity contribution in [2.45, 2.75) is 85.3 Å². The van der Waals surface area contributed by atoms with Crippen LogP contribution in [-0.2, 0) is 140 Å². The molecule has 0 radical (unpaired) electrons. The number of rotatable bonds is 38. The lowest BCUT2D eigenvalue weighted by molar-refractivity contribution is -0.377. The number of carboxylic acids is 3. The van der Waals surface area contributed by atoms with E-state index in [0.29, 0.717) is 58.0 Å². The predicted octanol–water partition coefficient (Wildman–Crippen LogP) is 9.00. The highest BCUT2D eigenvalue weighted by molar-refractivity contribution is 7.89. The molecule has 0 spiro atoms. The number of H-pyrrole nitrogens is 1. The average molecular weight is 1920 g/mol. The monoisotopic (exact) mass is 1920 g/mol. The van der Waals surface area contributed by atoms with Gasteiger partial charge in [-0.1, -0.05) is 158 Å². The fraction of sp³-hybridized carbons (Fsp3) is 0.271. The van der Waals surface area contributed by atoms with Crippen LogP contribution in [0.15, 0.2) is 213 Å². The number of halogens is 4. The number of carbonyl (C=O) groups is 9. The number of hydrogen-bond acceptors (Lipinski definition) is 28. The van der Waals surface area contributed by atoms with Crippen LogP contribution < -0.4 is 39.1 Å². The lowest BCUT2D eigenvalue weighted by Gasteiger charge is -2.21. The molecule has 1 aromatic heterocycles. The molecule has 0 saturated heterocycles. The molecule has 0 bridgehead atoms. The van der Waals surface area contributed by atoms with Crippen LogP contribution in [-0.4, -0.2) is 178 Å². The highest BCUT2D eigenvalue weighted by atomic mass is 35.5. The third-order valence-corrected chi connectivity index (χ3v) is 19.7. The highest BCUT2D eigenvalue weighted by Gasteiger charge is 2.28. The number of ether oxygens (including phenoxy) is 8. The maximum Gasteiger partial charge on any atom is 0.387 e. The third kappa shape index (κ3) is 47.4. The molecule has 698 valence electrons. The summed E-state index contributed by atoms with van der Waals surface area (Å²) in [5, 5.41) is 34.4. The molecule has 0 aliphatic heterocycles. The van der Waals surface area contributed by atoms with Crippen LogP contribution >= 0.6 is 23.2 Å². The second kappa shape index (κ2) is 56.1. The Hall–Kier alpha value is -12.3. The number of alkyl halides is 2. The average Bonchev–Trinajstić information content (AvgIpc) is 1.51. The van der Waals surface area contributed by atoms with Gasteiger partial charge in [0, 0.05) is 44.7 Å². The summed E-state index contributed by atoms with van der Waals surface area (Å²) in [6, 6.07) is 53.3. The van der Waals surface area contributed by atoms with Crippen LogP contribution in [0.3, 0.4) is 0 Å². The van der Waals surface area contributed by atoms with Crippen LogP contribution in [0.25, 0.3) is 0 Å². The van der Waals surface area contributed by atoms with Crippen molar-refractivity contribution in [3.63, 3.8) is 0 Å². The van der Waals surface area contributed by atoms with E-state index in [-0.39, 0.29) is 103 Å². The molecule has 129 heavy (non-hydrogen) atoms. The van der Waals surface area contributed by atoms with E-state index in [9.17, 15) is 85.6 Å². The first-order chi connectivity index (χ1) is 59.9. The molecule has 0 amide bonds. The van der Waals surface area contributed by atoms with Gasteiger partial charge in [0.1, 0.15) is 36.0 Å². The number of nitrogens with one attached hydrogen (secondary N) is 5. The number of aromatic amines is 1. The molecule has 1 fully saturated rings. The van der Waals surface area contributed by atoms with Gasteiger partial charge in [-0.2, -0.15) is 8.78 Å². The summed E-state index contributed by atoms with van der Waals surface area (Å²) >= 11 is 12.7. The Morgan fingerprint density at radius 3 is 1.14 bits per heavy atom. The lowest BCUT2D eigenvalue weighted by atomic mass is 10.0. The van der Waals surface area contributed by atoms with Crippen molar-refractivity contribution >= 4 is 117 Å². The Balaban J connectivity index is 0.000000431. The molecule has 1 aliphatic rings. The summed E-state index contributed by atoms with van der Waals surface area (Å²) in [6.07, 6.45) is 8.09. The smallest absolute Gasteiger partial charge is 0.387 e. The largest absolute Gasteiger partial charge is 0.870 e. The normalized spacial score (nSPS) is 11.5. The van der Waals surface area contributed by atoms with E-state index >= 15 is 0 Å². The topological polar surface area (TPSA) is 563 Å². The van der Waals surface area contributed by atoms with Gasteiger partial charge in [-0.25, -0.2) is 101 Å². The predicted molar refractivity (Wildman–Crippen MR) is 464 cm³/mol. The molecular weight excluding hydrogens is 1820 g/mol. The molecule has 0 unspecified atom stereocenters. The Bertz CT molecular complexity index is 5590. The van der Waals surface area contributed by atoms with Crippen molar-refractivity contribution in [2.75, 3.05) is 58.1 Å². The molecule has 1 atom stereocenters. The summed E-state index contributed by atoms with van der Waals surface area (Å²) in [7, 11) is -13.2. The molecule has 10 rings (SSSR count). The van der Waals surface area contributed by atoms with Crippen LogP contribution in [0.1, 0.15) is 128 Å². The molecule has 1 aliphatic carbocycles. The van der Waals surface area contributed by atoms with Gasteiger partial charge in [0.2, 0.25) is 40.1 Å². The number of aliphatic hydroxyl groups is 1. The zero-order valence-corrected chi connectivity index (χ0v) is 73.5. The van der Waals surface area contributed by atoms with Crippen molar-refractivity contribution < 1.29 is 154 Å². The van der Waals surface area contributed by atoms with Crippen molar-refractivity contribution in [3.8, 4) is 11.5 Å². The minimum absolute atomic E-state index is 0. The molecule has 44 heteroatoms. The van der Waals surface area contributed by atoms with Gasteiger partial charge in [-0.3, -0.25) is 0 Å². The Morgan fingerprint density at radius 1 is 0.457 bits per heavy atom. The van der Waals surface area contributed by atoms with Crippen LogP contribution in [0.4, 0.5) is 8.78 Å². The van der Waals surface area contributed by atoms with Crippen LogP contribution in [0.2, 0.25) is 10.0 Å². The van der Waals surface area contributed by atoms with E-state index in [4.69, 9.17) is 73.0 Å². The van der Waals surface area contributed by atoms with Gasteiger partial charge >= 0.3 is 60.3 Å². The lowest BCUT2D eigenvalue weighted by Crippen LogP contribution is -2.21. The molecule has 36 nitrogen and oxygen atoms in total. The quantitative estimate of drug-likeness (QED) is 0.0129. The van der Waals surface area contributed by atoms with Crippen molar-refractivity contribution in [3.05, 3.63) is 301 Å². The molecule has 1 heterocycles. The van der Waals surface area contributed by atoms with E-state index in [1.807, 2.05) is 60.7 Å². The molecule has 9 aromatic rings. The van der Waals surface area contributed by atoms with E-state index < -0.39 is 133 Å². The maximum absolute atomic E-state index is 13.0. The second-order valence-electron chi connectivity index (χ2n) is 26.9. The number of carboxylic acid groups (broad SMARTS) is 3. The second-order valence-corrected chi connectivity index (χ2v) is 35.0. The van der Waals surface area contributed by atoms with Gasteiger partial charge in [0.15, 0.2) is 43.7 Å². The number of carbonyl (C=O) groups excluding carboxylic acids is 6. The minimum Gasteiger partial charge on any atom is -0.870 e. The fourth-order valence-electron chi connectivity index (χ4n) is 9.67. The van der Waals surface area contributed by atoms with E-state index in [2.05, 4.69) is 38.1 Å². The summed E-state index contributed by atoms with van der Waals surface area (Å²) in [5.74, 6) is -7.31. The zero-order chi connectivity index (χ0) is 93.9. The van der Waals surface area contributed by atoms with E-state index in [1.165, 1.54) is 91.3 Å². The van der Waals surface area contributed by atoms with Gasteiger partial charge in [-0.05, 0) is 136 Å². The first-order valence-corrected chi connectivity index (χ1v) is 45.6. The first kappa shape index (κ1) is 111. The number of aromatic nitrogens is 1. The summed E-state index contributed by atoms with van der Waals surface area (Å²) in [5.41, 5.74) is 12.6. The number of pyridine rings is 1. The Morgan fingerprint density at radius 2 is 0.806 bits per heavy atom. The number of sulfonamides is 4. The first-order valence-electron chi connectivity index (χ1n) is 37.3. The zero-order valence-electron chi connectivity index (χ0n) is 68.7. The van der Waals surface area contributed by atoms with E-state index in [0.717, 1.165) is 54.6 Å². The molecular formula is C85H96Cl2F2N6O30S4. The van der Waals surface area contributed by atoms with Crippen molar-refractivity contribution in [1.82, 2.24) is 18.9 Å². The van der Waals surface area contributed by atoms with Gasteiger partial charge in [-0.15, -0.1) is 0 Å². The highest BCUT2D eigenvalue weighted by Crippen LogP contribution is 2.38. The maximum atomic E-state index is 13.0. The minimum atomic E-state index is -3.39. The van der Waals surface area contributed by atoms with Crippen LogP contribution in [0.5, 0.6) is 11.5 Å². The van der Waals surface area contributed by atoms with Crippen LogP contribution in [0, 0.1) is 5.92 Å². The van der Waals surface area contributed by atoms with Crippen molar-refractivity contribution in [2.24, 2.45) is 11.7 Å². The number of benzene rings is 8. The number of aliphatic hydroxyl groups excluding tert-OH is 1. The van der Waals surface area contributed by atoms with Crippen molar-refractivity contribution in [1.29, 1.82) is 0 Å². The fourth-order valence-corrected chi connectivity index (χ4v) is 11.9. The molecule has 8 aromatic carbocycles. The number of aromatic carboxylic acids is 2. The standard InChI is InChI=1S/C29H28Cl2F2N2O8S.C18H19NO6S.C11H13NO6S.C9H11NO4S.C9H10O3.C8H9NO2.CH4.H2O/c1-44(38,39)35-12-17-4-6-19(7-5-17)28(37)41-16-27(36)42-25(11-21-22(30)13-34-14-23(21)31)20-8-9-24(43-29(32)33)26(10-20)40-15-18-2-3-18;1-26(22,23)19-11-14-7-9-16(10-8-14)18(21)25-13-17(20)24-12-15-5-3-2-4-6-15;1-19(16,17)12-6-8-2-4-9(5-3-8)11(15)18-7-10(13)14;1-15(13,14)10-6-7-2-4-8(5-3-7)9(11)12;10-6-9(11)12-7-8-4-2-1-3-5-8;9-5-6-1-3-7(4-2-6)8(10)11;;/h4-10,13-14,18,25,29,35H,2-3,11-12,15-16H2,1H3;2-10,19H,11-13H2,1H3;2-5,12H,6-7H2,1H3,(H,13,14);2-5,10H,6H2,1H3,(H,11,12);1-5,10H,6-7H2;1-4H,5,9H2,(H,10,11);1H4;1H2/t25-;;;;;;;/m0......./s1. The van der Waals surface area contributed by atoms with E-state index in [1.54, 1.807) is 60.7 Å². The van der Waals surface area contributed by atoms with Gasteiger partial charge in [0.05, 0.1) is 59.4 Å². The summed E-state index contributed by atoms with van der Waals surface area (Å²) in [4.78, 5) is 105. The molecule has 12 N–H and O–H groups in total. The summed E-state index contributed by atoms with van der Waals surface area (Å²) in [6.45, 7) is -4.03. The van der Waals surface area contributed by atoms with Gasteiger partial charge < -0.3 is 69.5 Å². The number of aliphatic carboxylic acids is 1. The molecule has 1 saturated carbocycles. The number of nitrogens with two attached hydrogens (primary N) is 1. The Kier molecular flexibility index (Phi) is 48.2. The number of hydrogen-bond donors (Lipinski definition) is 9. The SMILES string of the molecule is C.CS(=O)(=O)NCc1ccc(C(=O)O)cc1.CS(=O)(=O)NCc1ccc(C(=O)OCC(=O)O)cc1.CS(=O)(=O)NCc1ccc(C(=O)OCC(=O)OCc2ccccc2)cc1.CS(=O)(=O)NCc1ccc(C(=O)OCC(=O)O[C@@H](Cc2c(Cl)c[nH+]cc2Cl)c2ccc(OC(F)F)c(OCC3CC3)c2)cc1.NCc1ccc(C(=O)O)cc1.O=C(CO)OCc1ccccc1.[OH-].